The third-order valence-corrected chi connectivity index (χ3v) is 4.20. The summed E-state index contributed by atoms with van der Waals surface area (Å²) in [5.74, 6) is -0.295. The van der Waals surface area contributed by atoms with Crippen LogP contribution in [0.3, 0.4) is 0 Å². The maximum atomic E-state index is 12.8. The third kappa shape index (κ3) is 3.06. The molecule has 1 amide bonds. The highest BCUT2D eigenvalue weighted by atomic mass is 35.5. The van der Waals surface area contributed by atoms with E-state index in [2.05, 4.69) is 0 Å². The van der Waals surface area contributed by atoms with Gasteiger partial charge in [-0.2, -0.15) is 13.2 Å². The van der Waals surface area contributed by atoms with Crippen LogP contribution in [0.5, 0.6) is 0 Å². The topological polar surface area (TPSA) is 20.3 Å². The van der Waals surface area contributed by atoms with Crippen LogP contribution in [-0.2, 0) is 12.6 Å². The molecule has 0 N–H and O–H groups in total. The van der Waals surface area contributed by atoms with Crippen molar-refractivity contribution in [1.82, 2.24) is 0 Å². The molecule has 0 spiro atoms. The quantitative estimate of drug-likeness (QED) is 0.719. The summed E-state index contributed by atoms with van der Waals surface area (Å²) < 4.78 is 38.5. The summed E-state index contributed by atoms with van der Waals surface area (Å²) in [5.41, 5.74) is 0.714. The molecule has 1 heterocycles. The van der Waals surface area contributed by atoms with Gasteiger partial charge in [0.05, 0.1) is 16.1 Å². The van der Waals surface area contributed by atoms with Gasteiger partial charge in [0.15, 0.2) is 0 Å². The van der Waals surface area contributed by atoms with Crippen molar-refractivity contribution < 1.29 is 18.0 Å². The Balaban J connectivity index is 1.99. The minimum atomic E-state index is -4.38. The van der Waals surface area contributed by atoms with Crippen molar-refractivity contribution in [2.45, 2.75) is 19.0 Å². The van der Waals surface area contributed by atoms with E-state index in [0.717, 1.165) is 12.1 Å². The highest BCUT2D eigenvalue weighted by molar-refractivity contribution is 6.34. The summed E-state index contributed by atoms with van der Waals surface area (Å²) >= 11 is 6.05. The van der Waals surface area contributed by atoms with Gasteiger partial charge in [0.1, 0.15) is 0 Å². The lowest BCUT2D eigenvalue weighted by atomic mass is 9.98. The molecule has 2 aromatic rings. The van der Waals surface area contributed by atoms with E-state index < -0.39 is 11.7 Å². The van der Waals surface area contributed by atoms with E-state index in [1.165, 1.54) is 11.0 Å². The van der Waals surface area contributed by atoms with Crippen LogP contribution < -0.4 is 4.90 Å². The Morgan fingerprint density at radius 2 is 1.87 bits per heavy atom. The van der Waals surface area contributed by atoms with E-state index in [1.807, 2.05) is 0 Å². The molecular formula is C17H13ClF3NO. The highest BCUT2D eigenvalue weighted by Gasteiger charge is 2.33. The maximum absolute atomic E-state index is 12.8. The third-order valence-electron chi connectivity index (χ3n) is 3.87. The molecule has 1 aliphatic heterocycles. The van der Waals surface area contributed by atoms with E-state index in [4.69, 9.17) is 11.6 Å². The molecule has 3 rings (SSSR count). The summed E-state index contributed by atoms with van der Waals surface area (Å²) in [7, 11) is 0. The van der Waals surface area contributed by atoms with Gasteiger partial charge in [-0.25, -0.2) is 0 Å². The standard InChI is InChI=1S/C17H13ClF3NO/c18-14-6-2-1-5-13(14)16(23)22-9-3-4-11-10-12(17(19,20)21)7-8-15(11)22/h1-2,5-8,10H,3-4,9H2. The van der Waals surface area contributed by atoms with Crippen LogP contribution in [0, 0.1) is 0 Å². The number of hydrogen-bond donors (Lipinski definition) is 0. The molecule has 0 aromatic heterocycles. The number of rotatable bonds is 1. The predicted octanol–water partition coefficient (Wildman–Crippen LogP) is 4.95. The molecular weight excluding hydrogens is 327 g/mol. The zero-order valence-electron chi connectivity index (χ0n) is 12.0. The molecule has 0 aliphatic carbocycles. The van der Waals surface area contributed by atoms with Gasteiger partial charge in [-0.1, -0.05) is 23.7 Å². The van der Waals surface area contributed by atoms with Crippen molar-refractivity contribution >= 4 is 23.2 Å². The molecule has 6 heteroatoms. The van der Waals surface area contributed by atoms with Gasteiger partial charge in [0.25, 0.3) is 5.91 Å². The molecule has 0 atom stereocenters. The van der Waals surface area contributed by atoms with E-state index in [0.29, 0.717) is 41.2 Å². The Bertz CT molecular complexity index is 758. The van der Waals surface area contributed by atoms with Gasteiger partial charge in [-0.3, -0.25) is 4.79 Å². The Morgan fingerprint density at radius 1 is 1.13 bits per heavy atom. The first-order valence-electron chi connectivity index (χ1n) is 7.14. The van der Waals surface area contributed by atoms with E-state index in [1.54, 1.807) is 24.3 Å². The van der Waals surface area contributed by atoms with Crippen molar-refractivity contribution in [1.29, 1.82) is 0 Å². The van der Waals surface area contributed by atoms with Crippen LogP contribution in [-0.4, -0.2) is 12.5 Å². The zero-order chi connectivity index (χ0) is 16.6. The molecule has 0 fully saturated rings. The monoisotopic (exact) mass is 339 g/mol. The average molecular weight is 340 g/mol. The number of benzene rings is 2. The number of carbonyl (C=O) groups is 1. The van der Waals surface area contributed by atoms with E-state index >= 15 is 0 Å². The van der Waals surface area contributed by atoms with Gasteiger partial charge < -0.3 is 4.90 Å². The largest absolute Gasteiger partial charge is 0.416 e. The van der Waals surface area contributed by atoms with Gasteiger partial charge >= 0.3 is 6.18 Å². The number of carbonyl (C=O) groups excluding carboxylic acids is 1. The fourth-order valence-corrected chi connectivity index (χ4v) is 2.98. The molecule has 0 bridgehead atoms. The molecule has 0 unspecified atom stereocenters. The van der Waals surface area contributed by atoms with E-state index in [-0.39, 0.29) is 5.91 Å². The number of fused-ring (bicyclic) bond motifs is 1. The molecule has 2 aromatic carbocycles. The number of aryl methyl sites for hydroxylation is 1. The molecule has 0 radical (unpaired) electrons. The summed E-state index contributed by atoms with van der Waals surface area (Å²) in [6.07, 6.45) is -3.25. The molecule has 0 saturated carbocycles. The first-order chi connectivity index (χ1) is 10.9. The number of nitrogens with zero attached hydrogens (tertiary/aromatic N) is 1. The minimum Gasteiger partial charge on any atom is -0.308 e. The molecule has 0 saturated heterocycles. The minimum absolute atomic E-state index is 0.295. The lowest BCUT2D eigenvalue weighted by molar-refractivity contribution is -0.137. The lowest BCUT2D eigenvalue weighted by Gasteiger charge is -2.30. The highest BCUT2D eigenvalue weighted by Crippen LogP contribution is 2.36. The summed E-state index contributed by atoms with van der Waals surface area (Å²) in [5, 5.41) is 0.330. The van der Waals surface area contributed by atoms with Crippen molar-refractivity contribution in [2.24, 2.45) is 0 Å². The van der Waals surface area contributed by atoms with Crippen molar-refractivity contribution in [3.05, 3.63) is 64.2 Å². The summed E-state index contributed by atoms with van der Waals surface area (Å²) in [6.45, 7) is 0.461. The summed E-state index contributed by atoms with van der Waals surface area (Å²) in [6, 6.07) is 10.2. The number of alkyl halides is 3. The smallest absolute Gasteiger partial charge is 0.308 e. The summed E-state index contributed by atoms with van der Waals surface area (Å²) in [4.78, 5) is 14.2. The predicted molar refractivity (Wildman–Crippen MR) is 82.9 cm³/mol. The van der Waals surface area contributed by atoms with Crippen LogP contribution in [0.2, 0.25) is 5.02 Å². The normalized spacial score (nSPS) is 14.5. The lowest BCUT2D eigenvalue weighted by Crippen LogP contribution is -2.35. The number of halogens is 4. The Labute approximate surface area is 136 Å². The zero-order valence-corrected chi connectivity index (χ0v) is 12.8. The van der Waals surface area contributed by atoms with Crippen LogP contribution >= 0.6 is 11.6 Å². The van der Waals surface area contributed by atoms with Crippen molar-refractivity contribution in [3.8, 4) is 0 Å². The SMILES string of the molecule is O=C(c1ccccc1Cl)N1CCCc2cc(C(F)(F)F)ccc21. The van der Waals surface area contributed by atoms with Crippen LogP contribution in [0.15, 0.2) is 42.5 Å². The van der Waals surface area contributed by atoms with Gasteiger partial charge in [-0.05, 0) is 48.7 Å². The Kier molecular flexibility index (Phi) is 4.06. The number of hydrogen-bond acceptors (Lipinski definition) is 1. The Morgan fingerprint density at radius 3 is 2.57 bits per heavy atom. The van der Waals surface area contributed by atoms with Crippen LogP contribution in [0.4, 0.5) is 18.9 Å². The second kappa shape index (κ2) is 5.89. The first-order valence-corrected chi connectivity index (χ1v) is 7.52. The van der Waals surface area contributed by atoms with Crippen molar-refractivity contribution in [3.63, 3.8) is 0 Å². The fraction of sp³-hybridized carbons (Fsp3) is 0.235. The number of anilines is 1. The first kappa shape index (κ1) is 15.9. The van der Waals surface area contributed by atoms with Crippen LogP contribution in [0.25, 0.3) is 0 Å². The van der Waals surface area contributed by atoms with Gasteiger partial charge in [0.2, 0.25) is 0 Å². The molecule has 2 nitrogen and oxygen atoms in total. The second-order valence-electron chi connectivity index (χ2n) is 5.38. The van der Waals surface area contributed by atoms with Crippen LogP contribution in [0.1, 0.15) is 27.9 Å². The average Bonchev–Trinajstić information content (AvgIpc) is 2.53. The van der Waals surface area contributed by atoms with E-state index in [9.17, 15) is 18.0 Å². The van der Waals surface area contributed by atoms with Crippen molar-refractivity contribution in [2.75, 3.05) is 11.4 Å². The molecule has 23 heavy (non-hydrogen) atoms. The molecule has 1 aliphatic rings. The molecule has 120 valence electrons. The fourth-order valence-electron chi connectivity index (χ4n) is 2.76. The number of amides is 1. The van der Waals surface area contributed by atoms with Gasteiger partial charge in [0, 0.05) is 12.2 Å². The van der Waals surface area contributed by atoms with Gasteiger partial charge in [-0.15, -0.1) is 0 Å². The maximum Gasteiger partial charge on any atom is 0.416 e. The second-order valence-corrected chi connectivity index (χ2v) is 5.79. The Hall–Kier alpha value is -2.01.